The molecular formula is C28H35NO7. The first-order valence-corrected chi connectivity index (χ1v) is 11.9. The van der Waals surface area contributed by atoms with E-state index < -0.39 is 17.5 Å². The molecule has 1 heterocycles. The zero-order chi connectivity index (χ0) is 26.6. The quantitative estimate of drug-likeness (QED) is 0.369. The van der Waals surface area contributed by atoms with Crippen molar-refractivity contribution in [3.05, 3.63) is 71.9 Å². The minimum Gasteiger partial charge on any atom is -0.497 e. The van der Waals surface area contributed by atoms with Crippen LogP contribution in [0.3, 0.4) is 0 Å². The highest BCUT2D eigenvalue weighted by atomic mass is 16.5. The lowest BCUT2D eigenvalue weighted by atomic mass is 9.85. The van der Waals surface area contributed by atoms with Gasteiger partial charge in [0.2, 0.25) is 0 Å². The molecular weight excluding hydrogens is 462 g/mol. The number of carboxylic acids is 2. The van der Waals surface area contributed by atoms with Gasteiger partial charge in [0.15, 0.2) is 5.78 Å². The lowest BCUT2D eigenvalue weighted by Gasteiger charge is -2.32. The van der Waals surface area contributed by atoms with Gasteiger partial charge in [-0.2, -0.15) is 0 Å². The minimum atomic E-state index is -1.26. The highest BCUT2D eigenvalue weighted by Crippen LogP contribution is 2.30. The van der Waals surface area contributed by atoms with Crippen molar-refractivity contribution in [1.29, 1.82) is 0 Å². The normalized spacial score (nSPS) is 21.8. The van der Waals surface area contributed by atoms with Crippen molar-refractivity contribution in [1.82, 2.24) is 4.90 Å². The third-order valence-electron chi connectivity index (χ3n) is 6.10. The maximum Gasteiger partial charge on any atom is 0.328 e. The van der Waals surface area contributed by atoms with Gasteiger partial charge in [-0.25, -0.2) is 9.59 Å². The molecule has 0 bridgehead atoms. The number of carbonyl (C=O) groups is 3. The fraction of sp³-hybridized carbons (Fsp3) is 0.393. The number of methoxy groups -OCH3 is 1. The molecule has 1 fully saturated rings. The van der Waals surface area contributed by atoms with Crippen LogP contribution in [0.1, 0.15) is 32.3 Å². The van der Waals surface area contributed by atoms with E-state index in [1.807, 2.05) is 55.5 Å². The summed E-state index contributed by atoms with van der Waals surface area (Å²) in [5, 5.41) is 15.6. The van der Waals surface area contributed by atoms with Crippen LogP contribution in [0.25, 0.3) is 6.08 Å². The average molecular weight is 498 g/mol. The van der Waals surface area contributed by atoms with E-state index in [0.717, 1.165) is 23.4 Å². The van der Waals surface area contributed by atoms with Gasteiger partial charge in [-0.05, 0) is 69.1 Å². The van der Waals surface area contributed by atoms with Crippen molar-refractivity contribution < 1.29 is 34.1 Å². The smallest absolute Gasteiger partial charge is 0.328 e. The topological polar surface area (TPSA) is 113 Å². The van der Waals surface area contributed by atoms with Gasteiger partial charge in [0.25, 0.3) is 0 Å². The molecule has 2 N–H and O–H groups in total. The Morgan fingerprint density at radius 3 is 2.19 bits per heavy atom. The molecule has 1 aromatic rings. The van der Waals surface area contributed by atoms with E-state index in [0.29, 0.717) is 18.8 Å². The predicted octanol–water partition coefficient (Wildman–Crippen LogP) is 3.99. The molecule has 1 aliphatic heterocycles. The Morgan fingerprint density at radius 1 is 1.06 bits per heavy atom. The van der Waals surface area contributed by atoms with Crippen LogP contribution in [0.4, 0.5) is 0 Å². The monoisotopic (exact) mass is 497 g/mol. The molecule has 3 rings (SSSR count). The molecule has 2 aliphatic rings. The lowest BCUT2D eigenvalue weighted by Crippen LogP contribution is -2.35. The van der Waals surface area contributed by atoms with Gasteiger partial charge < -0.3 is 24.6 Å². The van der Waals surface area contributed by atoms with Crippen molar-refractivity contribution in [3.8, 4) is 5.75 Å². The van der Waals surface area contributed by atoms with Crippen LogP contribution in [0.2, 0.25) is 0 Å². The van der Waals surface area contributed by atoms with Crippen molar-refractivity contribution in [2.75, 3.05) is 33.4 Å². The second kappa shape index (κ2) is 14.2. The van der Waals surface area contributed by atoms with Gasteiger partial charge >= 0.3 is 11.9 Å². The Morgan fingerprint density at radius 2 is 1.67 bits per heavy atom. The van der Waals surface area contributed by atoms with E-state index in [4.69, 9.17) is 19.7 Å². The van der Waals surface area contributed by atoms with E-state index in [2.05, 4.69) is 11.8 Å². The van der Waals surface area contributed by atoms with E-state index in [1.165, 1.54) is 25.9 Å². The molecule has 8 heteroatoms. The van der Waals surface area contributed by atoms with Crippen molar-refractivity contribution in [2.45, 2.75) is 32.3 Å². The third kappa shape index (κ3) is 9.64. The molecule has 8 nitrogen and oxygen atoms in total. The Labute approximate surface area is 212 Å². The Kier molecular flexibility index (Phi) is 11.3. The summed E-state index contributed by atoms with van der Waals surface area (Å²) in [5.74, 6) is -1.86. The summed E-state index contributed by atoms with van der Waals surface area (Å²) < 4.78 is 11.3. The zero-order valence-electron chi connectivity index (χ0n) is 21.1. The number of allylic oxidation sites excluding steroid dienone is 3. The highest BCUT2D eigenvalue weighted by molar-refractivity contribution is 5.98. The largest absolute Gasteiger partial charge is 0.497 e. The molecule has 1 aromatic carbocycles. The van der Waals surface area contributed by atoms with Crippen LogP contribution in [-0.4, -0.2) is 71.8 Å². The summed E-state index contributed by atoms with van der Waals surface area (Å²) in [6.45, 7) is 8.18. The highest BCUT2D eigenvalue weighted by Gasteiger charge is 2.29. The van der Waals surface area contributed by atoms with E-state index in [1.54, 1.807) is 13.2 Å². The molecule has 194 valence electrons. The summed E-state index contributed by atoms with van der Waals surface area (Å²) in [6, 6.07) is 7.65. The molecule has 36 heavy (non-hydrogen) atoms. The number of nitrogens with zero attached hydrogens (tertiary/aromatic N) is 1. The number of ketones is 1. The van der Waals surface area contributed by atoms with Crippen molar-refractivity contribution >= 4 is 23.8 Å². The summed E-state index contributed by atoms with van der Waals surface area (Å²) in [7, 11) is 1.64. The Bertz CT molecular complexity index is 1000. The first-order valence-electron chi connectivity index (χ1n) is 11.9. The number of benzene rings is 1. The van der Waals surface area contributed by atoms with Gasteiger partial charge in [0.05, 0.1) is 19.6 Å². The molecule has 2 unspecified atom stereocenters. The summed E-state index contributed by atoms with van der Waals surface area (Å²) in [6.07, 6.45) is 13.2. The summed E-state index contributed by atoms with van der Waals surface area (Å²) >= 11 is 0. The van der Waals surface area contributed by atoms with Crippen LogP contribution in [-0.2, 0) is 19.1 Å². The minimum absolute atomic E-state index is 0.0746. The number of hydrogen-bond donors (Lipinski definition) is 2. The number of aliphatic carboxylic acids is 2. The lowest BCUT2D eigenvalue weighted by molar-refractivity contribution is -0.134. The van der Waals surface area contributed by atoms with Crippen LogP contribution < -0.4 is 4.74 Å². The van der Waals surface area contributed by atoms with Gasteiger partial charge in [-0.15, -0.1) is 0 Å². The second-order valence-corrected chi connectivity index (χ2v) is 8.76. The second-order valence-electron chi connectivity index (χ2n) is 8.76. The molecule has 0 amide bonds. The third-order valence-corrected chi connectivity index (χ3v) is 6.10. The van der Waals surface area contributed by atoms with Gasteiger partial charge in [-0.3, -0.25) is 4.79 Å². The molecule has 0 spiro atoms. The fourth-order valence-electron chi connectivity index (χ4n) is 3.79. The molecule has 2 atom stereocenters. The first-order chi connectivity index (χ1) is 17.1. The van der Waals surface area contributed by atoms with E-state index in [9.17, 15) is 14.4 Å². The number of carbonyl (C=O) groups excluding carboxylic acids is 1. The van der Waals surface area contributed by atoms with Crippen LogP contribution >= 0.6 is 0 Å². The van der Waals surface area contributed by atoms with E-state index >= 15 is 0 Å². The standard InChI is InChI=1S/C24H31NO3.C4H4O4/c1-19-18-21(23(26)11-8-20-6-9-22(27-3)10-7-20)12-13-24(19,2)28-17-16-25-14-4-5-15-25;5-3(6)1-2-4(7)8/h6-13,18,21H,4-5,14-17H2,1-3H3;1-2H,(H,5,6)(H,7,8)/b11-8+;2-1+. The zero-order valence-corrected chi connectivity index (χ0v) is 21.1. The number of ether oxygens (including phenoxy) is 2. The molecule has 0 saturated carbocycles. The number of hydrogen-bond acceptors (Lipinski definition) is 6. The summed E-state index contributed by atoms with van der Waals surface area (Å²) in [5.41, 5.74) is 1.65. The number of rotatable bonds is 10. The summed E-state index contributed by atoms with van der Waals surface area (Å²) in [4.78, 5) is 34.1. The molecule has 0 aromatic heterocycles. The Balaban J connectivity index is 0.000000493. The maximum atomic E-state index is 12.6. The van der Waals surface area contributed by atoms with Crippen molar-refractivity contribution in [3.63, 3.8) is 0 Å². The van der Waals surface area contributed by atoms with Gasteiger partial charge in [-0.1, -0.05) is 36.4 Å². The van der Waals surface area contributed by atoms with Gasteiger partial charge in [0, 0.05) is 18.7 Å². The van der Waals surface area contributed by atoms with Gasteiger partial charge in [0.1, 0.15) is 11.4 Å². The predicted molar refractivity (Wildman–Crippen MR) is 138 cm³/mol. The fourth-order valence-corrected chi connectivity index (χ4v) is 3.79. The maximum absolute atomic E-state index is 12.6. The average Bonchev–Trinajstić information content (AvgIpc) is 3.37. The van der Waals surface area contributed by atoms with Crippen LogP contribution in [0, 0.1) is 5.92 Å². The Hall–Kier alpha value is -3.49. The van der Waals surface area contributed by atoms with Crippen molar-refractivity contribution in [2.24, 2.45) is 5.92 Å². The SMILES string of the molecule is COc1ccc(/C=C/C(=O)C2C=CC(C)(OCCN3CCCC3)C(C)=C2)cc1.O=C(O)/C=C/C(=O)O. The number of carboxylic acid groups (broad SMARTS) is 2. The molecule has 0 radical (unpaired) electrons. The van der Waals surface area contributed by atoms with Crippen LogP contribution in [0.15, 0.2) is 66.3 Å². The van der Waals surface area contributed by atoms with E-state index in [-0.39, 0.29) is 11.7 Å². The first kappa shape index (κ1) is 28.7. The molecule has 1 saturated heterocycles. The van der Waals surface area contributed by atoms with Crippen LogP contribution in [0.5, 0.6) is 5.75 Å². The molecule has 1 aliphatic carbocycles. The number of likely N-dealkylation sites (tertiary alicyclic amines) is 1.